The van der Waals surface area contributed by atoms with Gasteiger partial charge in [0.05, 0.1) is 22.0 Å². The van der Waals surface area contributed by atoms with E-state index in [4.69, 9.17) is 15.7 Å². The zero-order chi connectivity index (χ0) is 28.5. The summed E-state index contributed by atoms with van der Waals surface area (Å²) in [4.78, 5) is 8.35. The van der Waals surface area contributed by atoms with Gasteiger partial charge in [-0.2, -0.15) is 13.2 Å². The third kappa shape index (κ3) is 5.85. The number of guanidine groups is 1. The van der Waals surface area contributed by atoms with Gasteiger partial charge in [0.1, 0.15) is 5.69 Å². The van der Waals surface area contributed by atoms with E-state index >= 15 is 0 Å². The van der Waals surface area contributed by atoms with Crippen molar-refractivity contribution in [2.75, 3.05) is 0 Å². The van der Waals surface area contributed by atoms with E-state index in [0.29, 0.717) is 5.56 Å². The second-order valence-electron chi connectivity index (χ2n) is 8.80. The molecule has 0 aliphatic heterocycles. The van der Waals surface area contributed by atoms with Crippen LogP contribution in [-0.4, -0.2) is 46.0 Å². The van der Waals surface area contributed by atoms with Crippen LogP contribution in [-0.2, 0) is 9.84 Å². The van der Waals surface area contributed by atoms with Crippen LogP contribution in [0.1, 0.15) is 26.0 Å². The molecule has 1 aliphatic carbocycles. The van der Waals surface area contributed by atoms with Crippen LogP contribution in [0.3, 0.4) is 0 Å². The van der Waals surface area contributed by atoms with Crippen LogP contribution < -0.4 is 11.1 Å². The molecule has 14 heteroatoms. The summed E-state index contributed by atoms with van der Waals surface area (Å²) in [6, 6.07) is 7.14. The van der Waals surface area contributed by atoms with Crippen molar-refractivity contribution in [3.05, 3.63) is 71.7 Å². The number of hydrogen-bond donors (Lipinski definition) is 4. The molecule has 0 unspecified atom stereocenters. The molecular weight excluding hydrogens is 537 g/mol. The molecule has 10 nitrogen and oxygen atoms in total. The smallest absolute Gasteiger partial charge is 0.413 e. The predicted octanol–water partition coefficient (Wildman–Crippen LogP) is 4.33. The van der Waals surface area contributed by atoms with Crippen molar-refractivity contribution in [2.45, 2.75) is 36.6 Å². The number of nitrogens with two attached hydrogens (primary N) is 1. The molecule has 0 amide bonds. The second-order valence-corrected chi connectivity index (χ2v) is 11.3. The first-order valence-corrected chi connectivity index (χ1v) is 13.0. The highest BCUT2D eigenvalue weighted by Gasteiger charge is 2.38. The number of alkyl halides is 3. The average Bonchev–Trinajstić information content (AvgIpc) is 3.37. The van der Waals surface area contributed by atoms with E-state index in [1.54, 1.807) is 13.8 Å². The Morgan fingerprint density at radius 1 is 1.21 bits per heavy atom. The lowest BCUT2D eigenvalue weighted by atomic mass is 9.92. The number of nitrogens with zero attached hydrogens (tertiary/aromatic N) is 3. The largest absolute Gasteiger partial charge is 0.492 e. The Bertz CT molecular complexity index is 1620. The minimum Gasteiger partial charge on any atom is -0.492 e. The molecule has 204 valence electrons. The Kier molecular flexibility index (Phi) is 7.33. The molecule has 0 atom stereocenters. The van der Waals surface area contributed by atoms with Gasteiger partial charge in [0.15, 0.2) is 27.3 Å². The maximum absolute atomic E-state index is 13.9. The number of nitrogens with one attached hydrogen (secondary N) is 2. The number of rotatable bonds is 6. The third-order valence-corrected chi connectivity index (χ3v) is 7.97. The van der Waals surface area contributed by atoms with Crippen LogP contribution >= 0.6 is 0 Å². The molecule has 2 aromatic heterocycles. The number of aromatic nitrogens is 3. The molecule has 1 aliphatic rings. The minimum atomic E-state index is -4.69. The van der Waals surface area contributed by atoms with E-state index in [1.807, 2.05) is 0 Å². The predicted molar refractivity (Wildman–Crippen MR) is 137 cm³/mol. The molecule has 2 heterocycles. The van der Waals surface area contributed by atoms with E-state index in [1.165, 1.54) is 54.9 Å². The van der Waals surface area contributed by atoms with E-state index in [0.717, 1.165) is 0 Å². The summed E-state index contributed by atoms with van der Waals surface area (Å²) in [5, 5.41) is 23.0. The lowest BCUT2D eigenvalue weighted by Gasteiger charge is -2.19. The fourth-order valence-electron chi connectivity index (χ4n) is 3.70. The molecule has 0 spiro atoms. The van der Waals surface area contributed by atoms with Gasteiger partial charge in [-0.05, 0) is 31.6 Å². The van der Waals surface area contributed by atoms with Crippen molar-refractivity contribution in [1.29, 1.82) is 5.41 Å². The van der Waals surface area contributed by atoms with Crippen LogP contribution in [0.25, 0.3) is 28.3 Å². The van der Waals surface area contributed by atoms with Crippen LogP contribution in [0.5, 0.6) is 5.88 Å². The van der Waals surface area contributed by atoms with E-state index in [2.05, 4.69) is 20.4 Å². The number of hydrogen-bond acceptors (Lipinski definition) is 8. The molecule has 0 fully saturated rings. The molecule has 0 saturated heterocycles. The summed E-state index contributed by atoms with van der Waals surface area (Å²) in [5.74, 6) is -1.08. The Morgan fingerprint density at radius 2 is 1.90 bits per heavy atom. The van der Waals surface area contributed by atoms with Gasteiger partial charge in [-0.1, -0.05) is 29.4 Å². The van der Waals surface area contributed by atoms with Gasteiger partial charge in [-0.15, -0.1) is 0 Å². The number of halogens is 3. The fourth-order valence-corrected chi connectivity index (χ4v) is 4.76. The first-order valence-electron chi connectivity index (χ1n) is 11.4. The molecule has 3 aromatic rings. The van der Waals surface area contributed by atoms with Crippen LogP contribution in [0, 0.1) is 5.41 Å². The molecule has 0 saturated carbocycles. The summed E-state index contributed by atoms with van der Waals surface area (Å²) < 4.78 is 71.6. The molecule has 5 N–H and O–H groups in total. The summed E-state index contributed by atoms with van der Waals surface area (Å²) in [6.07, 6.45) is -0.0721. The van der Waals surface area contributed by atoms with Crippen molar-refractivity contribution in [3.8, 4) is 28.6 Å². The zero-order valence-corrected chi connectivity index (χ0v) is 21.4. The highest BCUT2D eigenvalue weighted by molar-refractivity contribution is 7.92. The van der Waals surface area contributed by atoms with Crippen molar-refractivity contribution in [1.82, 2.24) is 20.4 Å². The second kappa shape index (κ2) is 10.4. The van der Waals surface area contributed by atoms with Crippen molar-refractivity contribution >= 4 is 21.4 Å². The molecule has 0 radical (unpaired) electrons. The van der Waals surface area contributed by atoms with E-state index < -0.39 is 45.1 Å². The summed E-state index contributed by atoms with van der Waals surface area (Å²) in [6.45, 7) is 3.15. The normalized spacial score (nSPS) is 15.3. The number of sulfone groups is 1. The third-order valence-electron chi connectivity index (χ3n) is 5.80. The van der Waals surface area contributed by atoms with Crippen molar-refractivity contribution in [3.63, 3.8) is 0 Å². The topological polar surface area (TPSA) is 168 Å². The average molecular weight is 561 g/mol. The van der Waals surface area contributed by atoms with Crippen LogP contribution in [0.4, 0.5) is 13.2 Å². The highest BCUT2D eigenvalue weighted by atomic mass is 32.2. The Hall–Kier alpha value is -4.46. The van der Waals surface area contributed by atoms with Gasteiger partial charge in [0, 0.05) is 35.4 Å². The number of aromatic hydroxyl groups is 1. The van der Waals surface area contributed by atoms with Gasteiger partial charge in [-0.25, -0.2) is 18.4 Å². The number of benzene rings is 1. The summed E-state index contributed by atoms with van der Waals surface area (Å²) in [7, 11) is -3.48. The van der Waals surface area contributed by atoms with Crippen molar-refractivity contribution < 1.29 is 31.2 Å². The van der Waals surface area contributed by atoms with E-state index in [9.17, 15) is 26.7 Å². The fraction of sp³-hybridized carbons (Fsp3) is 0.200. The van der Waals surface area contributed by atoms with Gasteiger partial charge in [0.25, 0.3) is 0 Å². The van der Waals surface area contributed by atoms with Gasteiger partial charge >= 0.3 is 6.18 Å². The Labute approximate surface area is 221 Å². The monoisotopic (exact) mass is 560 g/mol. The first kappa shape index (κ1) is 27.6. The standard InChI is InChI=1S/C25H23F3N6O4S/c1-13(2)39(36,37)16-6-4-15(5-7-16)20-12-31-23(35)22(33-20)21-10-19(34-38-21)17-8-3-14(11-32-24(29)30)9-18(17)25(26,27)28/h3-8,10-13H,9H2,1-2H3,(H,31,35)(H4,29,30,32). The molecule has 4 rings (SSSR count). The van der Waals surface area contributed by atoms with Gasteiger partial charge < -0.3 is 20.7 Å². The van der Waals surface area contributed by atoms with E-state index in [-0.39, 0.29) is 38.9 Å². The van der Waals surface area contributed by atoms with Crippen LogP contribution in [0.15, 0.2) is 75.4 Å². The van der Waals surface area contributed by atoms with Gasteiger partial charge in [0.2, 0.25) is 5.88 Å². The maximum Gasteiger partial charge on any atom is 0.413 e. The summed E-state index contributed by atoms with van der Waals surface area (Å²) in [5.41, 5.74) is 4.76. The van der Waals surface area contributed by atoms with Crippen LogP contribution in [0.2, 0.25) is 0 Å². The maximum atomic E-state index is 13.9. The zero-order valence-electron chi connectivity index (χ0n) is 20.6. The number of allylic oxidation sites excluding steroid dienone is 5. The highest BCUT2D eigenvalue weighted by Crippen LogP contribution is 2.41. The lowest BCUT2D eigenvalue weighted by Crippen LogP contribution is -2.26. The molecule has 39 heavy (non-hydrogen) atoms. The Morgan fingerprint density at radius 3 is 2.51 bits per heavy atom. The molecule has 0 bridgehead atoms. The van der Waals surface area contributed by atoms with Gasteiger partial charge in [-0.3, -0.25) is 5.41 Å². The molecular formula is C25H23F3N6O4S. The lowest BCUT2D eigenvalue weighted by molar-refractivity contribution is -0.0925. The first-order chi connectivity index (χ1) is 18.3. The van der Waals surface area contributed by atoms with Crippen molar-refractivity contribution in [2.24, 2.45) is 5.73 Å². The Balaban J connectivity index is 1.68. The molecule has 1 aromatic carbocycles. The minimum absolute atomic E-state index is 0.127. The SMILES string of the molecule is CC(C)S(=O)(=O)c1ccc(-c2cnc(O)c(-c3cc(C4=C(C(F)(F)F)CC(=CNC(=N)N)C=C4)no3)n2)cc1. The summed E-state index contributed by atoms with van der Waals surface area (Å²) >= 11 is 0. The quantitative estimate of drug-likeness (QED) is 0.253.